The van der Waals surface area contributed by atoms with Crippen molar-refractivity contribution in [3.8, 4) is 0 Å². The number of para-hydroxylation sites is 1. The quantitative estimate of drug-likeness (QED) is 0.785. The lowest BCUT2D eigenvalue weighted by Crippen LogP contribution is -2.50. The van der Waals surface area contributed by atoms with Crippen molar-refractivity contribution in [3.63, 3.8) is 0 Å². The van der Waals surface area contributed by atoms with Gasteiger partial charge in [-0.1, -0.05) is 48.5 Å². The van der Waals surface area contributed by atoms with E-state index in [9.17, 15) is 4.79 Å². The van der Waals surface area contributed by atoms with Gasteiger partial charge in [0.15, 0.2) is 0 Å². The van der Waals surface area contributed by atoms with Gasteiger partial charge < -0.3 is 15.1 Å². The van der Waals surface area contributed by atoms with Crippen molar-refractivity contribution in [1.29, 1.82) is 0 Å². The Hall–Kier alpha value is -3.01. The van der Waals surface area contributed by atoms with E-state index in [0.29, 0.717) is 6.54 Å². The number of anilines is 2. The summed E-state index contributed by atoms with van der Waals surface area (Å²) in [6.07, 6.45) is 0. The molecule has 1 heterocycles. The summed E-state index contributed by atoms with van der Waals surface area (Å²) in [5, 5.41) is 5.66. The van der Waals surface area contributed by atoms with Gasteiger partial charge in [0.1, 0.15) is 0 Å². The van der Waals surface area contributed by atoms with Crippen LogP contribution in [0.3, 0.4) is 0 Å². The predicted molar refractivity (Wildman–Crippen MR) is 108 cm³/mol. The van der Waals surface area contributed by atoms with E-state index in [2.05, 4.69) is 58.7 Å². The molecule has 4 rings (SSSR count). The van der Waals surface area contributed by atoms with Crippen LogP contribution in [0.15, 0.2) is 72.8 Å². The summed E-state index contributed by atoms with van der Waals surface area (Å²) in [5.41, 5.74) is 2.22. The van der Waals surface area contributed by atoms with Crippen LogP contribution in [0.25, 0.3) is 10.8 Å². The smallest absolute Gasteiger partial charge is 0.241 e. The molecule has 0 spiro atoms. The average molecular weight is 345 g/mol. The van der Waals surface area contributed by atoms with Crippen LogP contribution in [0.4, 0.5) is 11.4 Å². The maximum atomic E-state index is 12.5. The summed E-state index contributed by atoms with van der Waals surface area (Å²) in [5.74, 6) is 0.158. The fourth-order valence-corrected chi connectivity index (χ4v) is 3.44. The monoisotopic (exact) mass is 345 g/mol. The van der Waals surface area contributed by atoms with Crippen LogP contribution in [-0.2, 0) is 4.79 Å². The van der Waals surface area contributed by atoms with Gasteiger partial charge in [-0.2, -0.15) is 0 Å². The predicted octanol–water partition coefficient (Wildman–Crippen LogP) is 3.60. The first-order valence-electron chi connectivity index (χ1n) is 9.10. The molecule has 0 radical (unpaired) electrons. The molecule has 3 aromatic carbocycles. The lowest BCUT2D eigenvalue weighted by atomic mass is 10.1. The average Bonchev–Trinajstić information content (AvgIpc) is 2.72. The molecule has 4 heteroatoms. The fraction of sp³-hybridized carbons (Fsp3) is 0.227. The molecule has 1 aliphatic rings. The van der Waals surface area contributed by atoms with Gasteiger partial charge in [0.2, 0.25) is 5.91 Å². The van der Waals surface area contributed by atoms with E-state index in [1.807, 2.05) is 29.2 Å². The van der Waals surface area contributed by atoms with Gasteiger partial charge in [-0.3, -0.25) is 4.79 Å². The van der Waals surface area contributed by atoms with E-state index in [0.717, 1.165) is 31.9 Å². The lowest BCUT2D eigenvalue weighted by Gasteiger charge is -2.36. The Morgan fingerprint density at radius 3 is 2.27 bits per heavy atom. The molecule has 1 saturated heterocycles. The minimum absolute atomic E-state index is 0.158. The van der Waals surface area contributed by atoms with E-state index < -0.39 is 0 Å². The van der Waals surface area contributed by atoms with E-state index in [1.54, 1.807) is 0 Å². The van der Waals surface area contributed by atoms with Crippen molar-refractivity contribution in [3.05, 3.63) is 72.8 Å². The highest BCUT2D eigenvalue weighted by Crippen LogP contribution is 2.19. The summed E-state index contributed by atoms with van der Waals surface area (Å²) in [4.78, 5) is 16.8. The number of benzene rings is 3. The second kappa shape index (κ2) is 7.48. The highest BCUT2D eigenvalue weighted by atomic mass is 16.2. The first-order valence-corrected chi connectivity index (χ1v) is 9.10. The van der Waals surface area contributed by atoms with Gasteiger partial charge in [0.05, 0.1) is 6.54 Å². The number of nitrogens with one attached hydrogen (secondary N) is 1. The Morgan fingerprint density at radius 1 is 0.808 bits per heavy atom. The zero-order chi connectivity index (χ0) is 17.8. The second-order valence-corrected chi connectivity index (χ2v) is 6.62. The number of hydrogen-bond acceptors (Lipinski definition) is 3. The highest BCUT2D eigenvalue weighted by molar-refractivity contribution is 5.87. The second-order valence-electron chi connectivity index (χ2n) is 6.62. The van der Waals surface area contributed by atoms with Gasteiger partial charge in [0.25, 0.3) is 0 Å². The molecule has 1 fully saturated rings. The highest BCUT2D eigenvalue weighted by Gasteiger charge is 2.20. The van der Waals surface area contributed by atoms with Gasteiger partial charge in [-0.05, 0) is 35.0 Å². The Balaban J connectivity index is 1.31. The third-order valence-corrected chi connectivity index (χ3v) is 4.95. The molecule has 1 aliphatic heterocycles. The standard InChI is InChI=1S/C22H23N3O/c26-22(17-23-20-11-10-18-6-4-5-7-19(18)16-20)25-14-12-24(13-15-25)21-8-2-1-3-9-21/h1-11,16,23H,12-15,17H2. The van der Waals surface area contributed by atoms with Gasteiger partial charge in [-0.15, -0.1) is 0 Å². The lowest BCUT2D eigenvalue weighted by molar-refractivity contribution is -0.129. The normalized spacial score (nSPS) is 14.5. The van der Waals surface area contributed by atoms with Gasteiger partial charge in [0, 0.05) is 37.6 Å². The van der Waals surface area contributed by atoms with Crippen LogP contribution in [0.1, 0.15) is 0 Å². The fourth-order valence-electron chi connectivity index (χ4n) is 3.44. The van der Waals surface area contributed by atoms with Crippen molar-refractivity contribution < 1.29 is 4.79 Å². The number of piperazine rings is 1. The summed E-state index contributed by atoms with van der Waals surface area (Å²) < 4.78 is 0. The van der Waals surface area contributed by atoms with E-state index in [4.69, 9.17) is 0 Å². The van der Waals surface area contributed by atoms with Crippen molar-refractivity contribution in [1.82, 2.24) is 4.90 Å². The zero-order valence-electron chi connectivity index (χ0n) is 14.8. The number of carbonyl (C=O) groups excluding carboxylic acids is 1. The van der Waals surface area contributed by atoms with Crippen molar-refractivity contribution >= 4 is 28.1 Å². The third-order valence-electron chi connectivity index (χ3n) is 4.95. The first-order chi connectivity index (χ1) is 12.8. The van der Waals surface area contributed by atoms with Crippen molar-refractivity contribution in [2.45, 2.75) is 0 Å². The maximum Gasteiger partial charge on any atom is 0.241 e. The number of carbonyl (C=O) groups is 1. The minimum Gasteiger partial charge on any atom is -0.376 e. The Morgan fingerprint density at radius 2 is 1.50 bits per heavy atom. The molecular formula is C22H23N3O. The number of rotatable bonds is 4. The van der Waals surface area contributed by atoms with E-state index in [-0.39, 0.29) is 5.91 Å². The summed E-state index contributed by atoms with van der Waals surface area (Å²) in [6, 6.07) is 24.8. The van der Waals surface area contributed by atoms with Crippen LogP contribution in [0, 0.1) is 0 Å². The molecule has 132 valence electrons. The zero-order valence-corrected chi connectivity index (χ0v) is 14.8. The number of hydrogen-bond donors (Lipinski definition) is 1. The Labute approximate surface area is 154 Å². The maximum absolute atomic E-state index is 12.5. The molecule has 0 atom stereocenters. The Kier molecular flexibility index (Phi) is 4.73. The molecule has 0 bridgehead atoms. The van der Waals surface area contributed by atoms with Crippen molar-refractivity contribution in [2.75, 3.05) is 42.9 Å². The van der Waals surface area contributed by atoms with Crippen LogP contribution in [0.2, 0.25) is 0 Å². The molecule has 1 amide bonds. The largest absolute Gasteiger partial charge is 0.376 e. The molecule has 1 N–H and O–H groups in total. The third kappa shape index (κ3) is 3.64. The molecule has 4 nitrogen and oxygen atoms in total. The molecule has 26 heavy (non-hydrogen) atoms. The van der Waals surface area contributed by atoms with E-state index in [1.165, 1.54) is 16.5 Å². The van der Waals surface area contributed by atoms with Crippen LogP contribution in [0.5, 0.6) is 0 Å². The van der Waals surface area contributed by atoms with Crippen LogP contribution >= 0.6 is 0 Å². The molecule has 0 aliphatic carbocycles. The van der Waals surface area contributed by atoms with Gasteiger partial charge in [-0.25, -0.2) is 0 Å². The van der Waals surface area contributed by atoms with Crippen molar-refractivity contribution in [2.24, 2.45) is 0 Å². The first kappa shape index (κ1) is 16.5. The number of amides is 1. The Bertz CT molecular complexity index is 886. The summed E-state index contributed by atoms with van der Waals surface area (Å²) in [7, 11) is 0. The SMILES string of the molecule is O=C(CNc1ccc2ccccc2c1)N1CCN(c2ccccc2)CC1. The number of nitrogens with zero attached hydrogens (tertiary/aromatic N) is 2. The van der Waals surface area contributed by atoms with Crippen LogP contribution in [-0.4, -0.2) is 43.5 Å². The summed E-state index contributed by atoms with van der Waals surface area (Å²) in [6.45, 7) is 3.64. The molecular weight excluding hydrogens is 322 g/mol. The topological polar surface area (TPSA) is 35.6 Å². The molecule has 3 aromatic rings. The molecule has 0 saturated carbocycles. The number of fused-ring (bicyclic) bond motifs is 1. The minimum atomic E-state index is 0.158. The molecule has 0 unspecified atom stereocenters. The van der Waals surface area contributed by atoms with Crippen LogP contribution < -0.4 is 10.2 Å². The van der Waals surface area contributed by atoms with Gasteiger partial charge >= 0.3 is 0 Å². The molecule has 0 aromatic heterocycles. The van der Waals surface area contributed by atoms with E-state index >= 15 is 0 Å². The summed E-state index contributed by atoms with van der Waals surface area (Å²) >= 11 is 0.